The predicted molar refractivity (Wildman–Crippen MR) is 109 cm³/mol. The first kappa shape index (κ1) is 21.1. The van der Waals surface area contributed by atoms with Gasteiger partial charge >= 0.3 is 0 Å². The van der Waals surface area contributed by atoms with Gasteiger partial charge in [-0.1, -0.05) is 19.3 Å². The number of anilines is 1. The van der Waals surface area contributed by atoms with Gasteiger partial charge in [0.1, 0.15) is 5.75 Å². The van der Waals surface area contributed by atoms with Crippen LogP contribution in [-0.4, -0.2) is 63.4 Å². The number of nitrogens with zero attached hydrogens (tertiary/aromatic N) is 2. The summed E-state index contributed by atoms with van der Waals surface area (Å²) in [5.74, 6) is 0.311. The van der Waals surface area contributed by atoms with Crippen LogP contribution in [0, 0.1) is 0 Å². The van der Waals surface area contributed by atoms with Gasteiger partial charge < -0.3 is 10.1 Å². The number of benzene rings is 1. The summed E-state index contributed by atoms with van der Waals surface area (Å²) in [5, 5.41) is 2.85. The maximum Gasteiger partial charge on any atom is 0.243 e. The van der Waals surface area contributed by atoms with Crippen molar-refractivity contribution in [1.82, 2.24) is 9.21 Å². The maximum absolute atomic E-state index is 13.1. The number of sulfonamides is 1. The third kappa shape index (κ3) is 5.24. The molecule has 0 bridgehead atoms. The first-order valence-electron chi connectivity index (χ1n) is 10.2. The number of ether oxygens (including phenoxy) is 1. The Hall–Kier alpha value is -1.64. The van der Waals surface area contributed by atoms with Crippen LogP contribution in [0.25, 0.3) is 0 Å². The normalized spacial score (nSPS) is 19.8. The molecule has 7 nitrogen and oxygen atoms in total. The van der Waals surface area contributed by atoms with E-state index in [9.17, 15) is 13.2 Å². The van der Waals surface area contributed by atoms with E-state index in [2.05, 4.69) is 10.2 Å². The molecule has 2 fully saturated rings. The fraction of sp³-hybridized carbons (Fsp3) is 0.650. The topological polar surface area (TPSA) is 79.0 Å². The van der Waals surface area contributed by atoms with E-state index < -0.39 is 10.0 Å². The zero-order chi connectivity index (χ0) is 20.0. The van der Waals surface area contributed by atoms with Gasteiger partial charge in [0.15, 0.2) is 0 Å². The van der Waals surface area contributed by atoms with Crippen LogP contribution in [0.3, 0.4) is 0 Å². The monoisotopic (exact) mass is 409 g/mol. The number of methoxy groups -OCH3 is 1. The number of carbonyl (C=O) groups excluding carboxylic acids is 1. The summed E-state index contributed by atoms with van der Waals surface area (Å²) in [6.07, 6.45) is 7.32. The average molecular weight is 410 g/mol. The second-order valence-corrected chi connectivity index (χ2v) is 9.50. The molecule has 28 heavy (non-hydrogen) atoms. The van der Waals surface area contributed by atoms with Crippen molar-refractivity contribution in [1.29, 1.82) is 0 Å². The highest BCUT2D eigenvalue weighted by Crippen LogP contribution is 2.30. The third-order valence-electron chi connectivity index (χ3n) is 5.46. The molecule has 0 aliphatic carbocycles. The summed E-state index contributed by atoms with van der Waals surface area (Å²) in [6.45, 7) is 3.25. The van der Waals surface area contributed by atoms with Crippen molar-refractivity contribution in [2.75, 3.05) is 45.2 Å². The number of rotatable bonds is 6. The number of hydrogen-bond donors (Lipinski definition) is 1. The highest BCUT2D eigenvalue weighted by Gasteiger charge is 2.26. The minimum absolute atomic E-state index is 0.149. The molecule has 1 aromatic rings. The molecule has 0 spiro atoms. The molecule has 156 valence electrons. The van der Waals surface area contributed by atoms with E-state index in [0.29, 0.717) is 31.1 Å². The molecule has 1 aromatic carbocycles. The summed E-state index contributed by atoms with van der Waals surface area (Å²) in [4.78, 5) is 14.8. The summed E-state index contributed by atoms with van der Waals surface area (Å²) >= 11 is 0. The molecule has 2 aliphatic rings. The Labute approximate surface area is 168 Å². The maximum atomic E-state index is 13.1. The standard InChI is InChI=1S/C20H31N3O4S/c1-27-19-10-9-17(28(25,26)23-13-7-2-3-8-14-23)15-18(19)21-20(24)16-22-11-5-4-6-12-22/h9-10,15H,2-8,11-14,16H2,1H3,(H,21,24). The van der Waals surface area contributed by atoms with Crippen molar-refractivity contribution in [3.8, 4) is 5.75 Å². The Bertz CT molecular complexity index is 768. The lowest BCUT2D eigenvalue weighted by Crippen LogP contribution is -2.37. The second-order valence-electron chi connectivity index (χ2n) is 7.57. The van der Waals surface area contributed by atoms with Gasteiger partial charge in [0.05, 0.1) is 24.2 Å². The average Bonchev–Trinajstić information content (AvgIpc) is 2.98. The number of likely N-dealkylation sites (tertiary alicyclic amines) is 1. The molecular weight excluding hydrogens is 378 g/mol. The molecule has 8 heteroatoms. The quantitative estimate of drug-likeness (QED) is 0.781. The zero-order valence-corrected chi connectivity index (χ0v) is 17.5. The number of amides is 1. The van der Waals surface area contributed by atoms with E-state index in [1.165, 1.54) is 19.6 Å². The Morgan fingerprint density at radius 1 is 1.00 bits per heavy atom. The van der Waals surface area contributed by atoms with Crippen molar-refractivity contribution in [3.63, 3.8) is 0 Å². The fourth-order valence-corrected chi connectivity index (χ4v) is 5.43. The minimum atomic E-state index is -3.58. The molecular formula is C20H31N3O4S. The molecule has 0 aromatic heterocycles. The highest BCUT2D eigenvalue weighted by molar-refractivity contribution is 7.89. The second kappa shape index (κ2) is 9.71. The van der Waals surface area contributed by atoms with E-state index in [-0.39, 0.29) is 10.8 Å². The van der Waals surface area contributed by atoms with Crippen LogP contribution in [0.5, 0.6) is 5.75 Å². The number of carbonyl (C=O) groups is 1. The highest BCUT2D eigenvalue weighted by atomic mass is 32.2. The van der Waals surface area contributed by atoms with Gasteiger partial charge in [-0.15, -0.1) is 0 Å². The summed E-state index contributed by atoms with van der Waals surface area (Å²) in [7, 11) is -2.07. The van der Waals surface area contributed by atoms with Crippen LogP contribution in [0.15, 0.2) is 23.1 Å². The Morgan fingerprint density at radius 2 is 1.61 bits per heavy atom. The molecule has 0 radical (unpaired) electrons. The van der Waals surface area contributed by atoms with Crippen LogP contribution in [0.4, 0.5) is 5.69 Å². The summed E-state index contributed by atoms with van der Waals surface area (Å²) in [5.41, 5.74) is 0.403. The molecule has 0 unspecified atom stereocenters. The number of piperidine rings is 1. The van der Waals surface area contributed by atoms with E-state index in [4.69, 9.17) is 4.74 Å². The smallest absolute Gasteiger partial charge is 0.243 e. The van der Waals surface area contributed by atoms with Gasteiger partial charge in [-0.3, -0.25) is 9.69 Å². The zero-order valence-electron chi connectivity index (χ0n) is 16.7. The molecule has 0 atom stereocenters. The lowest BCUT2D eigenvalue weighted by atomic mass is 10.1. The molecule has 3 rings (SSSR count). The van der Waals surface area contributed by atoms with Crippen molar-refractivity contribution in [2.45, 2.75) is 49.8 Å². The van der Waals surface area contributed by atoms with Crippen molar-refractivity contribution in [3.05, 3.63) is 18.2 Å². The minimum Gasteiger partial charge on any atom is -0.495 e. The molecule has 2 aliphatic heterocycles. The van der Waals surface area contributed by atoms with Crippen LogP contribution in [-0.2, 0) is 14.8 Å². The van der Waals surface area contributed by atoms with Crippen molar-refractivity contribution >= 4 is 21.6 Å². The van der Waals surface area contributed by atoms with Gasteiger partial charge in [0.25, 0.3) is 0 Å². The third-order valence-corrected chi connectivity index (χ3v) is 7.36. The van der Waals surface area contributed by atoms with Crippen LogP contribution >= 0.6 is 0 Å². The Morgan fingerprint density at radius 3 is 2.25 bits per heavy atom. The Kier molecular flexibility index (Phi) is 7.31. The summed E-state index contributed by atoms with van der Waals surface area (Å²) < 4.78 is 33.0. The molecule has 0 saturated carbocycles. The number of hydrogen-bond acceptors (Lipinski definition) is 5. The largest absolute Gasteiger partial charge is 0.495 e. The molecule has 2 saturated heterocycles. The van der Waals surface area contributed by atoms with Gasteiger partial charge in [-0.25, -0.2) is 8.42 Å². The molecule has 2 heterocycles. The number of nitrogens with one attached hydrogen (secondary N) is 1. The predicted octanol–water partition coefficient (Wildman–Crippen LogP) is 2.68. The molecule has 1 amide bonds. The van der Waals surface area contributed by atoms with Gasteiger partial charge in [-0.2, -0.15) is 4.31 Å². The van der Waals surface area contributed by atoms with E-state index >= 15 is 0 Å². The Balaban J connectivity index is 1.76. The van der Waals surface area contributed by atoms with Crippen LogP contribution < -0.4 is 10.1 Å². The van der Waals surface area contributed by atoms with E-state index in [1.54, 1.807) is 16.4 Å². The van der Waals surface area contributed by atoms with Crippen LogP contribution in [0.2, 0.25) is 0 Å². The van der Waals surface area contributed by atoms with Crippen molar-refractivity contribution < 1.29 is 17.9 Å². The lowest BCUT2D eigenvalue weighted by molar-refractivity contribution is -0.117. The SMILES string of the molecule is COc1ccc(S(=O)(=O)N2CCCCCC2)cc1NC(=O)CN1CCCCC1. The first-order valence-corrected chi connectivity index (χ1v) is 11.6. The van der Waals surface area contributed by atoms with Gasteiger partial charge in [0.2, 0.25) is 15.9 Å². The molecule has 1 N–H and O–H groups in total. The van der Waals surface area contributed by atoms with Crippen LogP contribution in [0.1, 0.15) is 44.9 Å². The lowest BCUT2D eigenvalue weighted by Gasteiger charge is -2.26. The fourth-order valence-electron chi connectivity index (χ4n) is 3.89. The summed E-state index contributed by atoms with van der Waals surface area (Å²) in [6, 6.07) is 4.69. The van der Waals surface area contributed by atoms with E-state index in [1.807, 2.05) is 0 Å². The first-order chi connectivity index (χ1) is 13.5. The van der Waals surface area contributed by atoms with Gasteiger partial charge in [-0.05, 0) is 57.0 Å². The van der Waals surface area contributed by atoms with E-state index in [0.717, 1.165) is 51.6 Å². The van der Waals surface area contributed by atoms with Crippen molar-refractivity contribution in [2.24, 2.45) is 0 Å². The van der Waals surface area contributed by atoms with Gasteiger partial charge in [0, 0.05) is 13.1 Å².